The highest BCUT2D eigenvalue weighted by Gasteiger charge is 2.32. The molecule has 0 bridgehead atoms. The Balaban J connectivity index is 3.23. The molecular weight excluding hydrogens is 161 g/mol. The minimum absolute atomic E-state index is 1.17. The van der Waals surface area contributed by atoms with E-state index in [-0.39, 0.29) is 0 Å². The van der Waals surface area contributed by atoms with Crippen LogP contribution in [0.25, 0.3) is 0 Å². The van der Waals surface area contributed by atoms with E-state index in [9.17, 15) is 0 Å². The van der Waals surface area contributed by atoms with Gasteiger partial charge in [-0.05, 0) is 16.7 Å². The molecule has 0 N–H and O–H groups in total. The van der Waals surface area contributed by atoms with Gasteiger partial charge in [0.05, 0.1) is 0 Å². The largest absolute Gasteiger partial charge is 0.137 e. The average molecular weight is 177 g/mol. The zero-order chi connectivity index (χ0) is 10.9. The van der Waals surface area contributed by atoms with Gasteiger partial charge in [-0.2, -0.15) is 0 Å². The number of hydrogen-bond donors (Lipinski definition) is 0. The third kappa shape index (κ3) is 1.99. The Morgan fingerprint density at radius 3 is 1.29 bits per heavy atom. The maximum Gasteiger partial charge on any atom is 0.133 e. The standard InChI is InChI=1S/C8H16B6/c9-1-3(11)5-6(4(12)2-10)7(5)8(13)14/h1-2,9-14H2/b5-3-,6-4-. The molecule has 0 aromatic carbocycles. The van der Waals surface area contributed by atoms with Crippen molar-refractivity contribution in [3.63, 3.8) is 0 Å². The summed E-state index contributed by atoms with van der Waals surface area (Å²) in [6.07, 6.45) is 2.35. The fraction of sp³-hybridized carbons (Fsp3) is 0.250. The minimum atomic E-state index is 1.17. The molecule has 1 fully saturated rings. The molecule has 0 aliphatic heterocycles. The van der Waals surface area contributed by atoms with Crippen molar-refractivity contribution >= 4 is 47.1 Å². The summed E-state index contributed by atoms with van der Waals surface area (Å²) in [7, 11) is 13.4. The molecule has 14 heavy (non-hydrogen) atoms. The predicted molar refractivity (Wildman–Crippen MR) is 82.0 cm³/mol. The highest BCUT2D eigenvalue weighted by molar-refractivity contribution is 6.50. The monoisotopic (exact) mass is 178 g/mol. The Labute approximate surface area is 93.1 Å². The summed E-state index contributed by atoms with van der Waals surface area (Å²) in [6, 6.07) is 0. The number of rotatable bonds is 2. The number of hydrogen-bond acceptors (Lipinski definition) is 0. The molecule has 1 rings (SSSR count). The molecule has 0 saturated heterocycles. The van der Waals surface area contributed by atoms with E-state index in [1.165, 1.54) is 18.0 Å². The fourth-order valence-corrected chi connectivity index (χ4v) is 1.89. The zero-order valence-corrected chi connectivity index (χ0v) is 10.4. The fourth-order valence-electron chi connectivity index (χ4n) is 1.89. The Morgan fingerprint density at radius 1 is 0.714 bits per heavy atom. The predicted octanol–water partition coefficient (Wildman–Crippen LogP) is -3.65. The van der Waals surface area contributed by atoms with Crippen LogP contribution in [0, 0.1) is 0 Å². The van der Waals surface area contributed by atoms with Crippen molar-refractivity contribution in [3.8, 4) is 0 Å². The van der Waals surface area contributed by atoms with Crippen molar-refractivity contribution in [2.24, 2.45) is 0 Å². The summed E-state index contributed by atoms with van der Waals surface area (Å²) in [5.41, 5.74) is 7.76. The molecule has 0 nitrogen and oxygen atoms in total. The van der Waals surface area contributed by atoms with Gasteiger partial charge in [-0.3, -0.25) is 0 Å². The summed E-state index contributed by atoms with van der Waals surface area (Å²) in [6.45, 7) is 0. The summed E-state index contributed by atoms with van der Waals surface area (Å²) in [5.74, 6) is 0. The Bertz CT molecular complexity index is 317. The van der Waals surface area contributed by atoms with E-state index in [1.54, 1.807) is 27.7 Å². The van der Waals surface area contributed by atoms with Crippen molar-refractivity contribution < 1.29 is 0 Å². The van der Waals surface area contributed by atoms with Crippen LogP contribution in [0.4, 0.5) is 0 Å². The molecule has 0 unspecified atom stereocenters. The van der Waals surface area contributed by atoms with Gasteiger partial charge in [0, 0.05) is 0 Å². The number of allylic oxidation sites excluding steroid dienone is 5. The Morgan fingerprint density at radius 2 is 1.07 bits per heavy atom. The van der Waals surface area contributed by atoms with Crippen molar-refractivity contribution in [3.05, 3.63) is 33.0 Å². The van der Waals surface area contributed by atoms with Gasteiger partial charge in [0.1, 0.15) is 47.1 Å². The molecule has 0 aromatic heterocycles. The molecule has 1 aliphatic carbocycles. The minimum Gasteiger partial charge on any atom is -0.137 e. The molecule has 1 aliphatic rings. The van der Waals surface area contributed by atoms with Gasteiger partial charge in [-0.1, -0.05) is 12.6 Å². The first-order valence-electron chi connectivity index (χ1n) is 5.62. The van der Waals surface area contributed by atoms with Crippen LogP contribution in [0.2, 0.25) is 12.6 Å². The normalized spacial score (nSPS) is 21.9. The van der Waals surface area contributed by atoms with E-state index >= 15 is 0 Å². The molecule has 66 valence electrons. The van der Waals surface area contributed by atoms with Gasteiger partial charge >= 0.3 is 0 Å². The van der Waals surface area contributed by atoms with Crippen LogP contribution in [-0.2, 0) is 0 Å². The van der Waals surface area contributed by atoms with Crippen molar-refractivity contribution in [1.82, 2.24) is 0 Å². The lowest BCUT2D eigenvalue weighted by Gasteiger charge is -1.91. The second kappa shape index (κ2) is 4.42. The highest BCUT2D eigenvalue weighted by atomic mass is 14.3. The topological polar surface area (TPSA) is 0 Å². The SMILES string of the molecule is BC/C(B)=C1/C(=C(B)B)/C1=C(\B)CB. The maximum atomic E-state index is 2.26. The van der Waals surface area contributed by atoms with Crippen LogP contribution in [-0.4, -0.2) is 47.1 Å². The first-order valence-corrected chi connectivity index (χ1v) is 5.62. The molecule has 0 radical (unpaired) electrons. The van der Waals surface area contributed by atoms with E-state index in [0.29, 0.717) is 0 Å². The van der Waals surface area contributed by atoms with Crippen LogP contribution < -0.4 is 0 Å². The maximum absolute atomic E-state index is 2.26. The van der Waals surface area contributed by atoms with E-state index < -0.39 is 0 Å². The van der Waals surface area contributed by atoms with Crippen molar-refractivity contribution in [2.75, 3.05) is 0 Å². The third-order valence-electron chi connectivity index (χ3n) is 3.10. The lowest BCUT2D eigenvalue weighted by Crippen LogP contribution is -1.81. The molecule has 0 amide bonds. The summed E-state index contributed by atoms with van der Waals surface area (Å²) >= 11 is 0. The van der Waals surface area contributed by atoms with Gasteiger partial charge in [-0.25, -0.2) is 0 Å². The molecule has 0 aromatic rings. The molecule has 6 heteroatoms. The van der Waals surface area contributed by atoms with Gasteiger partial charge in [-0.15, -0.1) is 16.3 Å². The van der Waals surface area contributed by atoms with Gasteiger partial charge < -0.3 is 0 Å². The molecule has 0 spiro atoms. The lowest BCUT2D eigenvalue weighted by molar-refractivity contribution is 1.58. The Hall–Kier alpha value is -0.390. The van der Waals surface area contributed by atoms with Crippen LogP contribution in [0.15, 0.2) is 33.0 Å². The van der Waals surface area contributed by atoms with E-state index in [2.05, 4.69) is 47.1 Å². The van der Waals surface area contributed by atoms with E-state index in [0.717, 1.165) is 0 Å². The van der Waals surface area contributed by atoms with E-state index in [1.807, 2.05) is 0 Å². The lowest BCUT2D eigenvalue weighted by atomic mass is 9.76. The zero-order valence-electron chi connectivity index (χ0n) is 10.4. The molecule has 0 heterocycles. The molecular formula is C8H16B6. The van der Waals surface area contributed by atoms with Crippen LogP contribution in [0.3, 0.4) is 0 Å². The van der Waals surface area contributed by atoms with Crippen LogP contribution >= 0.6 is 0 Å². The third-order valence-corrected chi connectivity index (χ3v) is 3.10. The van der Waals surface area contributed by atoms with Crippen LogP contribution in [0.5, 0.6) is 0 Å². The van der Waals surface area contributed by atoms with Gasteiger partial charge in [0.15, 0.2) is 0 Å². The second-order valence-corrected chi connectivity index (χ2v) is 4.39. The summed E-state index contributed by atoms with van der Waals surface area (Å²) in [4.78, 5) is 0. The van der Waals surface area contributed by atoms with Gasteiger partial charge in [0.2, 0.25) is 0 Å². The second-order valence-electron chi connectivity index (χ2n) is 4.39. The smallest absolute Gasteiger partial charge is 0.133 e. The van der Waals surface area contributed by atoms with Gasteiger partial charge in [0.25, 0.3) is 0 Å². The quantitative estimate of drug-likeness (QED) is 0.382. The molecule has 0 atom stereocenters. The Kier molecular flexibility index (Phi) is 3.69. The first kappa shape index (κ1) is 11.7. The average Bonchev–Trinajstić information content (AvgIpc) is 2.90. The van der Waals surface area contributed by atoms with E-state index in [4.69, 9.17) is 0 Å². The van der Waals surface area contributed by atoms with Crippen LogP contribution in [0.1, 0.15) is 0 Å². The first-order chi connectivity index (χ1) is 6.54. The van der Waals surface area contributed by atoms with Crippen molar-refractivity contribution in [1.29, 1.82) is 0 Å². The summed E-state index contributed by atoms with van der Waals surface area (Å²) in [5, 5.41) is 1.47. The molecule has 1 saturated carbocycles. The summed E-state index contributed by atoms with van der Waals surface area (Å²) < 4.78 is 0. The highest BCUT2D eigenvalue weighted by Crippen LogP contribution is 2.49. The van der Waals surface area contributed by atoms with Crippen molar-refractivity contribution in [2.45, 2.75) is 12.6 Å².